The van der Waals surface area contributed by atoms with E-state index in [2.05, 4.69) is 26.3 Å². The third kappa shape index (κ3) is 3.26. The van der Waals surface area contributed by atoms with E-state index >= 15 is 0 Å². The van der Waals surface area contributed by atoms with Gasteiger partial charge in [0.05, 0.1) is 29.2 Å². The quantitative estimate of drug-likeness (QED) is 0.596. The lowest BCUT2D eigenvalue weighted by Gasteiger charge is -2.39. The Morgan fingerprint density at radius 1 is 1.23 bits per heavy atom. The average Bonchev–Trinajstić information content (AvgIpc) is 3.36. The minimum absolute atomic E-state index is 0.0271. The van der Waals surface area contributed by atoms with Crippen molar-refractivity contribution < 1.29 is 9.59 Å². The fraction of sp³-hybridized carbons (Fsp3) is 0.318. The van der Waals surface area contributed by atoms with Crippen LogP contribution in [0.25, 0.3) is 11.2 Å². The van der Waals surface area contributed by atoms with Gasteiger partial charge in [0.2, 0.25) is 0 Å². The number of aromatic nitrogens is 3. The van der Waals surface area contributed by atoms with Crippen LogP contribution in [0.2, 0.25) is 0 Å². The lowest BCUT2D eigenvalue weighted by atomic mass is 9.95. The summed E-state index contributed by atoms with van der Waals surface area (Å²) >= 11 is 0. The lowest BCUT2D eigenvalue weighted by Crippen LogP contribution is -2.49. The van der Waals surface area contributed by atoms with Gasteiger partial charge in [-0.2, -0.15) is 5.26 Å². The number of nitrogens with one attached hydrogen (secondary N) is 2. The standard InChI is InChI=1S/C22H21N7O2/c23-9-12-2-1-3-13(6-12)22(31)29-15-4-5-16(29)8-14(7-15)28-18-17(20(24)30)10-25-21-19(18)26-11-27-21/h1-3,6,10-11,14-16H,4-5,7-8H2,(H2,24,30)(H2,25,26,27,28)/t14?,15-,16+. The highest BCUT2D eigenvalue weighted by Gasteiger charge is 2.43. The summed E-state index contributed by atoms with van der Waals surface area (Å²) < 4.78 is 0. The van der Waals surface area contributed by atoms with Gasteiger partial charge in [0.1, 0.15) is 5.52 Å². The number of nitrogens with two attached hydrogens (primary N) is 1. The zero-order valence-corrected chi connectivity index (χ0v) is 16.7. The van der Waals surface area contributed by atoms with Crippen LogP contribution in [0.5, 0.6) is 0 Å². The molecule has 2 aromatic heterocycles. The average molecular weight is 415 g/mol. The van der Waals surface area contributed by atoms with Crippen LogP contribution in [0, 0.1) is 11.3 Å². The number of amides is 2. The predicted octanol–water partition coefficient (Wildman–Crippen LogP) is 2.18. The number of nitrogens with zero attached hydrogens (tertiary/aromatic N) is 4. The van der Waals surface area contributed by atoms with Crippen molar-refractivity contribution in [2.75, 3.05) is 5.32 Å². The number of fused-ring (bicyclic) bond motifs is 3. The molecule has 4 heterocycles. The molecule has 2 aliphatic rings. The van der Waals surface area contributed by atoms with Gasteiger partial charge in [0.15, 0.2) is 5.65 Å². The maximum Gasteiger partial charge on any atom is 0.254 e. The Hall–Kier alpha value is -3.93. The van der Waals surface area contributed by atoms with Crippen LogP contribution in [0.15, 0.2) is 36.8 Å². The van der Waals surface area contributed by atoms with Crippen LogP contribution < -0.4 is 11.1 Å². The molecule has 0 aliphatic carbocycles. The fourth-order valence-corrected chi connectivity index (χ4v) is 4.93. The van der Waals surface area contributed by atoms with Crippen molar-refractivity contribution in [3.8, 4) is 6.07 Å². The third-order valence-corrected chi connectivity index (χ3v) is 6.27. The zero-order valence-electron chi connectivity index (χ0n) is 16.7. The molecule has 9 nitrogen and oxygen atoms in total. The Balaban J connectivity index is 1.39. The van der Waals surface area contributed by atoms with E-state index in [0.29, 0.717) is 33.5 Å². The Labute approximate surface area is 178 Å². The van der Waals surface area contributed by atoms with Crippen LogP contribution >= 0.6 is 0 Å². The number of pyridine rings is 1. The van der Waals surface area contributed by atoms with E-state index in [9.17, 15) is 9.59 Å². The minimum Gasteiger partial charge on any atom is -0.380 e. The van der Waals surface area contributed by atoms with Gasteiger partial charge in [-0.25, -0.2) is 9.97 Å². The van der Waals surface area contributed by atoms with Crippen LogP contribution in [0.4, 0.5) is 5.69 Å². The molecular formula is C22H21N7O2. The van der Waals surface area contributed by atoms with E-state index < -0.39 is 5.91 Å². The summed E-state index contributed by atoms with van der Waals surface area (Å²) in [4.78, 5) is 38.5. The molecule has 5 rings (SSSR count). The minimum atomic E-state index is -0.556. The number of imidazole rings is 1. The molecule has 2 aliphatic heterocycles. The normalized spacial score (nSPS) is 22.3. The second-order valence-corrected chi connectivity index (χ2v) is 8.11. The summed E-state index contributed by atoms with van der Waals surface area (Å²) in [5.41, 5.74) is 8.69. The molecule has 3 aromatic rings. The molecule has 2 amide bonds. The topological polar surface area (TPSA) is 141 Å². The number of carbonyl (C=O) groups is 2. The summed E-state index contributed by atoms with van der Waals surface area (Å²) in [5.74, 6) is -0.583. The Bertz CT molecular complexity index is 1210. The van der Waals surface area contributed by atoms with Crippen molar-refractivity contribution in [1.82, 2.24) is 19.9 Å². The van der Waals surface area contributed by atoms with Gasteiger partial charge >= 0.3 is 0 Å². The highest BCUT2D eigenvalue weighted by atomic mass is 16.2. The van der Waals surface area contributed by atoms with Crippen LogP contribution in [0.1, 0.15) is 52.0 Å². The number of primary amides is 1. The molecule has 2 bridgehead atoms. The van der Waals surface area contributed by atoms with Gasteiger partial charge in [-0.05, 0) is 43.9 Å². The SMILES string of the molecule is N#Cc1cccc(C(=O)N2[C@@H]3CC[C@H]2CC(Nc2c(C(N)=O)cnc4nc[nH]c24)C3)c1. The monoisotopic (exact) mass is 415 g/mol. The number of hydrogen-bond acceptors (Lipinski definition) is 6. The van der Waals surface area contributed by atoms with E-state index in [0.717, 1.165) is 25.7 Å². The molecule has 0 radical (unpaired) electrons. The largest absolute Gasteiger partial charge is 0.380 e. The molecule has 1 aromatic carbocycles. The van der Waals surface area contributed by atoms with Crippen molar-refractivity contribution in [3.63, 3.8) is 0 Å². The Morgan fingerprint density at radius 2 is 2.00 bits per heavy atom. The van der Waals surface area contributed by atoms with E-state index in [1.54, 1.807) is 24.3 Å². The first-order valence-electron chi connectivity index (χ1n) is 10.3. The molecule has 3 atom stereocenters. The van der Waals surface area contributed by atoms with Crippen molar-refractivity contribution in [3.05, 3.63) is 53.5 Å². The first kappa shape index (κ1) is 19.1. The molecule has 4 N–H and O–H groups in total. The molecule has 156 valence electrons. The molecule has 31 heavy (non-hydrogen) atoms. The number of benzene rings is 1. The Kier molecular flexibility index (Phi) is 4.55. The summed E-state index contributed by atoms with van der Waals surface area (Å²) in [6.07, 6.45) is 6.37. The number of nitriles is 1. The molecule has 0 saturated carbocycles. The van der Waals surface area contributed by atoms with E-state index in [-0.39, 0.29) is 24.0 Å². The lowest BCUT2D eigenvalue weighted by molar-refractivity contribution is 0.0583. The van der Waals surface area contributed by atoms with E-state index in [1.807, 2.05) is 4.90 Å². The first-order valence-corrected chi connectivity index (χ1v) is 10.3. The smallest absolute Gasteiger partial charge is 0.254 e. The van der Waals surface area contributed by atoms with Crippen molar-refractivity contribution in [2.45, 2.75) is 43.8 Å². The van der Waals surface area contributed by atoms with E-state index in [1.165, 1.54) is 12.5 Å². The van der Waals surface area contributed by atoms with Gasteiger partial charge in [-0.1, -0.05) is 6.07 Å². The second-order valence-electron chi connectivity index (χ2n) is 8.11. The maximum absolute atomic E-state index is 13.2. The number of carbonyl (C=O) groups excluding carboxylic acids is 2. The third-order valence-electron chi connectivity index (χ3n) is 6.27. The first-order chi connectivity index (χ1) is 15.0. The van der Waals surface area contributed by atoms with Crippen LogP contribution in [-0.4, -0.2) is 49.8 Å². The van der Waals surface area contributed by atoms with Crippen molar-refractivity contribution >= 4 is 28.7 Å². The van der Waals surface area contributed by atoms with Crippen LogP contribution in [-0.2, 0) is 0 Å². The highest BCUT2D eigenvalue weighted by molar-refractivity contribution is 6.04. The van der Waals surface area contributed by atoms with Crippen molar-refractivity contribution in [2.24, 2.45) is 5.73 Å². The number of anilines is 1. The maximum atomic E-state index is 13.2. The molecule has 2 fully saturated rings. The summed E-state index contributed by atoms with van der Waals surface area (Å²) in [5, 5.41) is 12.6. The molecule has 2 saturated heterocycles. The van der Waals surface area contributed by atoms with E-state index in [4.69, 9.17) is 11.0 Å². The molecular weight excluding hydrogens is 394 g/mol. The van der Waals surface area contributed by atoms with Gasteiger partial charge in [-0.3, -0.25) is 9.59 Å². The number of rotatable bonds is 4. The predicted molar refractivity (Wildman–Crippen MR) is 113 cm³/mol. The number of piperidine rings is 1. The molecule has 0 spiro atoms. The van der Waals surface area contributed by atoms with Crippen molar-refractivity contribution in [1.29, 1.82) is 5.26 Å². The number of H-pyrrole nitrogens is 1. The highest BCUT2D eigenvalue weighted by Crippen LogP contribution is 2.38. The van der Waals surface area contributed by atoms with Gasteiger partial charge < -0.3 is 20.9 Å². The van der Waals surface area contributed by atoms with Gasteiger partial charge in [0.25, 0.3) is 11.8 Å². The summed E-state index contributed by atoms with van der Waals surface area (Å²) in [6.45, 7) is 0. The van der Waals surface area contributed by atoms with Crippen LogP contribution in [0.3, 0.4) is 0 Å². The van der Waals surface area contributed by atoms with Gasteiger partial charge in [-0.15, -0.1) is 0 Å². The zero-order chi connectivity index (χ0) is 21.5. The van der Waals surface area contributed by atoms with Gasteiger partial charge in [0, 0.05) is 29.9 Å². The summed E-state index contributed by atoms with van der Waals surface area (Å²) in [7, 11) is 0. The number of aromatic amines is 1. The molecule has 1 unspecified atom stereocenters. The molecule has 9 heteroatoms. The fourth-order valence-electron chi connectivity index (χ4n) is 4.93. The second kappa shape index (κ2) is 7.40. The number of hydrogen-bond donors (Lipinski definition) is 3. The Morgan fingerprint density at radius 3 is 2.71 bits per heavy atom. The summed E-state index contributed by atoms with van der Waals surface area (Å²) in [6, 6.07) is 9.23.